The molecule has 1 aliphatic carbocycles. The number of hydrogen-bond acceptors (Lipinski definition) is 7. The number of nitrogens with one attached hydrogen (secondary N) is 1. The first-order valence-electron chi connectivity index (χ1n) is 12.2. The van der Waals surface area contributed by atoms with Crippen LogP contribution in [0, 0.1) is 11.7 Å². The van der Waals surface area contributed by atoms with E-state index in [-0.39, 0.29) is 18.3 Å². The Hall–Kier alpha value is -3.20. The van der Waals surface area contributed by atoms with Gasteiger partial charge in [-0.05, 0) is 70.7 Å². The van der Waals surface area contributed by atoms with E-state index in [0.717, 1.165) is 53.3 Å². The lowest BCUT2D eigenvalue weighted by Gasteiger charge is -2.28. The highest BCUT2D eigenvalue weighted by molar-refractivity contribution is 6.34. The van der Waals surface area contributed by atoms with E-state index in [9.17, 15) is 9.18 Å². The summed E-state index contributed by atoms with van der Waals surface area (Å²) in [7, 11) is 0. The first kappa shape index (κ1) is 24.5. The molecule has 0 unspecified atom stereocenters. The molecule has 2 aromatic rings. The monoisotopic (exact) mass is 513 g/mol. The molecule has 2 aliphatic heterocycles. The molecule has 0 aromatic carbocycles. The Bertz CT molecular complexity index is 1340. The molecular weight excluding hydrogens is 485 g/mol. The number of aromatic nitrogens is 2. The molecule has 3 aliphatic rings. The van der Waals surface area contributed by atoms with Crippen LogP contribution in [0.3, 0.4) is 0 Å². The van der Waals surface area contributed by atoms with Crippen molar-refractivity contribution in [2.45, 2.75) is 64.5 Å². The number of aromatic amines is 1. The lowest BCUT2D eigenvalue weighted by molar-refractivity contribution is -0.0116. The second kappa shape index (κ2) is 9.69. The molecule has 5 rings (SSSR count). The maximum absolute atomic E-state index is 13.3. The molecule has 0 radical (unpaired) electrons. The van der Waals surface area contributed by atoms with Crippen LogP contribution in [0.4, 0.5) is 14.9 Å². The second-order valence-electron chi connectivity index (χ2n) is 10.3. The number of nitrogens with zero attached hydrogens (tertiary/aromatic N) is 4. The molecule has 10 heteroatoms. The number of pyridine rings is 1. The van der Waals surface area contributed by atoms with Crippen LogP contribution in [0.15, 0.2) is 39.7 Å². The van der Waals surface area contributed by atoms with Crippen molar-refractivity contribution in [3.8, 4) is 0 Å². The minimum absolute atomic E-state index is 0.220. The number of hydrogen-bond donors (Lipinski definition) is 1. The Kier molecular flexibility index (Phi) is 6.59. The van der Waals surface area contributed by atoms with Crippen LogP contribution in [0.5, 0.6) is 0 Å². The first-order valence-corrected chi connectivity index (χ1v) is 12.6. The number of halogens is 2. The largest absolute Gasteiger partial charge is 0.533 e. The van der Waals surface area contributed by atoms with Crippen LogP contribution >= 0.6 is 11.6 Å². The predicted octanol–water partition coefficient (Wildman–Crippen LogP) is 5.19. The molecular formula is C26H29ClFN5O3. The number of rotatable bonds is 3. The van der Waals surface area contributed by atoms with E-state index in [1.54, 1.807) is 32.9 Å². The number of carbonyl (C=O) groups is 1. The van der Waals surface area contributed by atoms with Gasteiger partial charge in [-0.25, -0.2) is 9.18 Å². The number of ether oxygens (including phenoxy) is 1. The van der Waals surface area contributed by atoms with Crippen molar-refractivity contribution in [1.82, 2.24) is 9.97 Å². The van der Waals surface area contributed by atoms with Crippen molar-refractivity contribution in [3.05, 3.63) is 57.2 Å². The van der Waals surface area contributed by atoms with Gasteiger partial charge in [0.25, 0.3) is 0 Å². The van der Waals surface area contributed by atoms with E-state index in [4.69, 9.17) is 21.2 Å². The van der Waals surface area contributed by atoms with Crippen molar-refractivity contribution in [3.63, 3.8) is 0 Å². The number of carbonyl (C=O) groups excluding carboxylic acids is 1. The van der Waals surface area contributed by atoms with Crippen LogP contribution in [0.2, 0.25) is 0 Å². The standard InChI is InChI=1S/C26H29ClFN5O3/c1-26(2,3)35-25(34)36-33-11-10-17(27)12-21-24(33)19-14-30-32-22(23(19)31-21)16-6-4-15(5-7-16)20-9-8-18(28)13-29-20/h8-10,12-13,15-16,31H,4-7,11,14H2,1-3H3. The van der Waals surface area contributed by atoms with Crippen molar-refractivity contribution >= 4 is 35.2 Å². The third-order valence-electron chi connectivity index (χ3n) is 6.61. The van der Waals surface area contributed by atoms with Crippen LogP contribution in [0.1, 0.15) is 63.6 Å². The van der Waals surface area contributed by atoms with Crippen LogP contribution < -0.4 is 15.8 Å². The fraction of sp³-hybridized carbons (Fsp3) is 0.462. The Morgan fingerprint density at radius 3 is 2.64 bits per heavy atom. The zero-order valence-electron chi connectivity index (χ0n) is 20.6. The van der Waals surface area contributed by atoms with Crippen LogP contribution in [-0.4, -0.2) is 28.3 Å². The quantitative estimate of drug-likeness (QED) is 0.570. The molecule has 36 heavy (non-hydrogen) atoms. The first-order chi connectivity index (χ1) is 17.2. The number of allylic oxidation sites excluding steroid dienone is 1. The highest BCUT2D eigenvalue weighted by Gasteiger charge is 2.31. The number of anilines is 1. The van der Waals surface area contributed by atoms with Crippen LogP contribution in [-0.2, 0) is 16.1 Å². The normalized spacial score (nSPS) is 21.6. The summed E-state index contributed by atoms with van der Waals surface area (Å²) in [5.74, 6) is 0.205. The molecule has 4 heterocycles. The van der Waals surface area contributed by atoms with Crippen molar-refractivity contribution in [2.75, 3.05) is 11.6 Å². The predicted molar refractivity (Wildman–Crippen MR) is 134 cm³/mol. The Balaban J connectivity index is 1.44. The van der Waals surface area contributed by atoms with E-state index in [1.165, 1.54) is 17.3 Å². The van der Waals surface area contributed by atoms with E-state index in [0.29, 0.717) is 23.2 Å². The molecule has 0 amide bonds. The van der Waals surface area contributed by atoms with E-state index >= 15 is 0 Å². The van der Waals surface area contributed by atoms with Gasteiger partial charge in [-0.2, -0.15) is 15.3 Å². The topological polar surface area (TPSA) is 92.2 Å². The number of azo groups is 1. The third-order valence-corrected chi connectivity index (χ3v) is 6.87. The maximum Gasteiger partial charge on any atom is 0.533 e. The SMILES string of the molecule is CC(C)(C)OC(=O)ON1CC=C(Cl)C=c2[nH]c3c(c21)CN=NC=3C1CCC(c2ccc(F)cn2)CC1. The minimum Gasteiger partial charge on any atom is -0.427 e. The Morgan fingerprint density at radius 1 is 1.19 bits per heavy atom. The van der Waals surface area contributed by atoms with Gasteiger partial charge < -0.3 is 14.6 Å². The number of fused-ring (bicyclic) bond motifs is 3. The third kappa shape index (κ3) is 5.16. The lowest BCUT2D eigenvalue weighted by Crippen LogP contribution is -2.34. The van der Waals surface area contributed by atoms with Gasteiger partial charge >= 0.3 is 6.16 Å². The summed E-state index contributed by atoms with van der Waals surface area (Å²) in [5.41, 5.74) is 2.78. The Labute approximate surface area is 213 Å². The summed E-state index contributed by atoms with van der Waals surface area (Å²) >= 11 is 6.39. The van der Waals surface area contributed by atoms with Gasteiger partial charge in [0.15, 0.2) is 0 Å². The van der Waals surface area contributed by atoms with Gasteiger partial charge in [0, 0.05) is 28.1 Å². The van der Waals surface area contributed by atoms with E-state index in [2.05, 4.69) is 20.2 Å². The molecule has 0 spiro atoms. The molecule has 2 aromatic heterocycles. The Morgan fingerprint density at radius 2 is 1.94 bits per heavy atom. The summed E-state index contributed by atoms with van der Waals surface area (Å²) in [6, 6.07) is 3.25. The van der Waals surface area contributed by atoms with Crippen molar-refractivity contribution in [2.24, 2.45) is 16.1 Å². The minimum atomic E-state index is -0.788. The van der Waals surface area contributed by atoms with Crippen molar-refractivity contribution < 1.29 is 18.8 Å². The molecule has 190 valence electrons. The summed E-state index contributed by atoms with van der Waals surface area (Å²) < 4.78 is 18.6. The van der Waals surface area contributed by atoms with Gasteiger partial charge in [0.1, 0.15) is 17.1 Å². The second-order valence-corrected chi connectivity index (χ2v) is 10.8. The summed E-state index contributed by atoms with van der Waals surface area (Å²) in [6.45, 7) is 5.99. The maximum atomic E-state index is 13.3. The van der Waals surface area contributed by atoms with E-state index < -0.39 is 11.8 Å². The smallest absolute Gasteiger partial charge is 0.427 e. The zero-order valence-corrected chi connectivity index (χ0v) is 21.3. The van der Waals surface area contributed by atoms with Gasteiger partial charge in [-0.3, -0.25) is 4.98 Å². The highest BCUT2D eigenvalue weighted by atomic mass is 35.5. The van der Waals surface area contributed by atoms with E-state index in [1.807, 2.05) is 6.08 Å². The van der Waals surface area contributed by atoms with Gasteiger partial charge in [-0.1, -0.05) is 11.6 Å². The van der Waals surface area contributed by atoms with Gasteiger partial charge in [0.2, 0.25) is 0 Å². The molecule has 1 N–H and O–H groups in total. The molecule has 0 atom stereocenters. The summed E-state index contributed by atoms with van der Waals surface area (Å²) in [6.07, 6.45) is 7.80. The fourth-order valence-electron chi connectivity index (χ4n) is 5.02. The van der Waals surface area contributed by atoms with Gasteiger partial charge in [0.05, 0.1) is 35.7 Å². The summed E-state index contributed by atoms with van der Waals surface area (Å²) in [4.78, 5) is 25.8. The van der Waals surface area contributed by atoms with Crippen molar-refractivity contribution in [1.29, 1.82) is 0 Å². The lowest BCUT2D eigenvalue weighted by atomic mass is 9.78. The molecule has 8 nitrogen and oxygen atoms in total. The average Bonchev–Trinajstić information content (AvgIpc) is 3.11. The molecule has 1 saturated carbocycles. The number of H-pyrrole nitrogens is 1. The average molecular weight is 514 g/mol. The van der Waals surface area contributed by atoms with Gasteiger partial charge in [-0.15, -0.1) is 0 Å². The molecule has 0 saturated heterocycles. The summed E-state index contributed by atoms with van der Waals surface area (Å²) in [5, 5.41) is 12.6. The molecule has 1 fully saturated rings. The zero-order chi connectivity index (χ0) is 25.4. The highest BCUT2D eigenvalue weighted by Crippen LogP contribution is 2.39. The fourth-order valence-corrected chi connectivity index (χ4v) is 5.20. The molecule has 0 bridgehead atoms. The van der Waals surface area contributed by atoms with Crippen LogP contribution in [0.25, 0.3) is 11.8 Å². The number of hydroxylamine groups is 1.